The second-order valence-electron chi connectivity index (χ2n) is 5.25. The van der Waals surface area contributed by atoms with Gasteiger partial charge in [0, 0.05) is 27.3 Å². The van der Waals surface area contributed by atoms with Crippen molar-refractivity contribution >= 4 is 5.91 Å². The van der Waals surface area contributed by atoms with Crippen LogP contribution in [0.5, 0.6) is 0 Å². The average Bonchev–Trinajstić information content (AvgIpc) is 2.67. The first-order valence-corrected chi connectivity index (χ1v) is 5.84. The van der Waals surface area contributed by atoms with Gasteiger partial charge in [0.1, 0.15) is 18.8 Å². The molecule has 0 aromatic carbocycles. The Morgan fingerprint density at radius 1 is 1.18 bits per heavy atom. The van der Waals surface area contributed by atoms with Crippen LogP contribution in [0.25, 0.3) is 0 Å². The molecule has 1 aliphatic heterocycles. The van der Waals surface area contributed by atoms with Crippen molar-refractivity contribution in [1.29, 1.82) is 0 Å². The number of carbonyl (C=O) groups excluding carboxylic acids is 1. The van der Waals surface area contributed by atoms with Gasteiger partial charge in [0.05, 0.1) is 5.60 Å². The van der Waals surface area contributed by atoms with Gasteiger partial charge in [-0.3, -0.25) is 4.79 Å². The van der Waals surface area contributed by atoms with Crippen molar-refractivity contribution in [3.63, 3.8) is 0 Å². The van der Waals surface area contributed by atoms with E-state index in [0.717, 1.165) is 0 Å². The van der Waals surface area contributed by atoms with Gasteiger partial charge in [-0.25, -0.2) is 0 Å². The lowest BCUT2D eigenvalue weighted by atomic mass is 10.2. The summed E-state index contributed by atoms with van der Waals surface area (Å²) in [5, 5.41) is 0. The van der Waals surface area contributed by atoms with Crippen molar-refractivity contribution in [3.05, 3.63) is 0 Å². The van der Waals surface area contributed by atoms with E-state index >= 15 is 0 Å². The molecule has 0 aromatic heterocycles. The third kappa shape index (κ3) is 4.26. The van der Waals surface area contributed by atoms with Gasteiger partial charge >= 0.3 is 0 Å². The normalized spacial score (nSPS) is 25.4. The van der Waals surface area contributed by atoms with E-state index in [1.54, 1.807) is 19.1 Å². The fourth-order valence-corrected chi connectivity index (χ4v) is 1.77. The van der Waals surface area contributed by atoms with Crippen LogP contribution in [0.2, 0.25) is 0 Å². The van der Waals surface area contributed by atoms with E-state index in [4.69, 9.17) is 14.2 Å². The van der Waals surface area contributed by atoms with E-state index in [-0.39, 0.29) is 30.3 Å². The fraction of sp³-hybridized carbons (Fsp3) is 0.917. The highest BCUT2D eigenvalue weighted by Gasteiger charge is 2.35. The largest absolute Gasteiger partial charge is 0.377 e. The number of carbonyl (C=O) groups is 1. The predicted molar refractivity (Wildman–Crippen MR) is 63.9 cm³/mol. The molecule has 1 amide bonds. The third-order valence-electron chi connectivity index (χ3n) is 2.80. The molecule has 1 rings (SSSR count). The zero-order valence-electron chi connectivity index (χ0n) is 11.4. The average molecular weight is 245 g/mol. The Hall–Kier alpha value is -0.650. The molecule has 100 valence electrons. The Morgan fingerprint density at radius 3 is 2.00 bits per heavy atom. The van der Waals surface area contributed by atoms with Crippen molar-refractivity contribution in [3.8, 4) is 0 Å². The second-order valence-corrected chi connectivity index (χ2v) is 5.25. The molecule has 0 spiro atoms. The second kappa shape index (κ2) is 5.80. The SMILES string of the molecule is COC1CN(C(=O)COC(C)(C)C)CC1OC. The maximum Gasteiger partial charge on any atom is 0.248 e. The van der Waals surface area contributed by atoms with Crippen molar-refractivity contribution in [2.45, 2.75) is 38.6 Å². The molecule has 0 N–H and O–H groups in total. The summed E-state index contributed by atoms with van der Waals surface area (Å²) in [6.45, 7) is 7.04. The number of methoxy groups -OCH3 is 2. The number of hydrogen-bond donors (Lipinski definition) is 0. The summed E-state index contributed by atoms with van der Waals surface area (Å²) in [5.74, 6) is -0.0125. The van der Waals surface area contributed by atoms with Crippen molar-refractivity contribution in [2.75, 3.05) is 33.9 Å². The molecule has 0 bridgehead atoms. The third-order valence-corrected chi connectivity index (χ3v) is 2.80. The maximum atomic E-state index is 11.9. The monoisotopic (exact) mass is 245 g/mol. The molecule has 1 aliphatic rings. The van der Waals surface area contributed by atoms with Crippen LogP contribution in [-0.4, -0.2) is 62.5 Å². The van der Waals surface area contributed by atoms with Crippen LogP contribution in [0.3, 0.4) is 0 Å². The van der Waals surface area contributed by atoms with Crippen LogP contribution in [-0.2, 0) is 19.0 Å². The van der Waals surface area contributed by atoms with Gasteiger partial charge in [-0.2, -0.15) is 0 Å². The molecule has 0 radical (unpaired) electrons. The summed E-state index contributed by atoms with van der Waals surface area (Å²) in [4.78, 5) is 13.6. The molecule has 0 aliphatic carbocycles. The quantitative estimate of drug-likeness (QED) is 0.730. The molecule has 5 nitrogen and oxygen atoms in total. The van der Waals surface area contributed by atoms with Gasteiger partial charge < -0.3 is 19.1 Å². The highest BCUT2D eigenvalue weighted by atomic mass is 16.5. The highest BCUT2D eigenvalue weighted by Crippen LogP contribution is 2.16. The Kier molecular flexibility index (Phi) is 4.91. The molecular formula is C12H23NO4. The predicted octanol–water partition coefficient (Wildman–Crippen LogP) is 0.674. The first kappa shape index (κ1) is 14.4. The van der Waals surface area contributed by atoms with Gasteiger partial charge in [-0.1, -0.05) is 0 Å². The van der Waals surface area contributed by atoms with Gasteiger partial charge in [-0.05, 0) is 20.8 Å². The Labute approximate surface area is 103 Å². The van der Waals surface area contributed by atoms with E-state index in [9.17, 15) is 4.79 Å². The summed E-state index contributed by atoms with van der Waals surface area (Å²) in [6.07, 6.45) is -0.0860. The Bertz CT molecular complexity index is 250. The number of amides is 1. The lowest BCUT2D eigenvalue weighted by Gasteiger charge is -2.22. The molecular weight excluding hydrogens is 222 g/mol. The number of ether oxygens (including phenoxy) is 3. The first-order chi connectivity index (χ1) is 7.87. The van der Waals surface area contributed by atoms with Crippen LogP contribution in [0.4, 0.5) is 0 Å². The lowest BCUT2D eigenvalue weighted by molar-refractivity contribution is -0.140. The van der Waals surface area contributed by atoms with E-state index in [2.05, 4.69) is 0 Å². The molecule has 1 heterocycles. The standard InChI is InChI=1S/C12H23NO4/c1-12(2,3)17-8-11(14)13-6-9(15-4)10(7-13)16-5/h9-10H,6-8H2,1-5H3. The molecule has 2 atom stereocenters. The van der Waals surface area contributed by atoms with Gasteiger partial charge in [0.2, 0.25) is 5.91 Å². The van der Waals surface area contributed by atoms with E-state index < -0.39 is 0 Å². The summed E-state index contributed by atoms with van der Waals surface area (Å²) >= 11 is 0. The van der Waals surface area contributed by atoms with Crippen LogP contribution >= 0.6 is 0 Å². The topological polar surface area (TPSA) is 48.0 Å². The molecule has 17 heavy (non-hydrogen) atoms. The molecule has 5 heteroatoms. The Morgan fingerprint density at radius 2 is 1.65 bits per heavy atom. The minimum Gasteiger partial charge on any atom is -0.377 e. The van der Waals surface area contributed by atoms with Crippen LogP contribution in [0.1, 0.15) is 20.8 Å². The van der Waals surface area contributed by atoms with Crippen molar-refractivity contribution < 1.29 is 19.0 Å². The summed E-state index contributed by atoms with van der Waals surface area (Å²) in [5.41, 5.74) is -0.295. The van der Waals surface area contributed by atoms with E-state index in [0.29, 0.717) is 13.1 Å². The van der Waals surface area contributed by atoms with E-state index in [1.807, 2.05) is 20.8 Å². The number of likely N-dealkylation sites (tertiary alicyclic amines) is 1. The van der Waals surface area contributed by atoms with Crippen LogP contribution < -0.4 is 0 Å². The number of hydrogen-bond acceptors (Lipinski definition) is 4. The molecule has 0 aromatic rings. The zero-order valence-corrected chi connectivity index (χ0v) is 11.4. The van der Waals surface area contributed by atoms with Gasteiger partial charge in [-0.15, -0.1) is 0 Å². The summed E-state index contributed by atoms with van der Waals surface area (Å²) in [6, 6.07) is 0. The Balaban J connectivity index is 2.44. The van der Waals surface area contributed by atoms with Gasteiger partial charge in [0.25, 0.3) is 0 Å². The smallest absolute Gasteiger partial charge is 0.248 e. The van der Waals surface area contributed by atoms with Crippen LogP contribution in [0.15, 0.2) is 0 Å². The minimum atomic E-state index is -0.295. The molecule has 0 saturated carbocycles. The summed E-state index contributed by atoms with van der Waals surface area (Å²) in [7, 11) is 3.27. The highest BCUT2D eigenvalue weighted by molar-refractivity contribution is 5.78. The lowest BCUT2D eigenvalue weighted by Crippen LogP contribution is -2.35. The van der Waals surface area contributed by atoms with Crippen molar-refractivity contribution in [2.24, 2.45) is 0 Å². The van der Waals surface area contributed by atoms with E-state index in [1.165, 1.54) is 0 Å². The number of rotatable bonds is 4. The zero-order chi connectivity index (χ0) is 13.1. The first-order valence-electron chi connectivity index (χ1n) is 5.84. The van der Waals surface area contributed by atoms with Crippen LogP contribution in [0, 0.1) is 0 Å². The molecule has 1 saturated heterocycles. The fourth-order valence-electron chi connectivity index (χ4n) is 1.77. The number of nitrogens with zero attached hydrogens (tertiary/aromatic N) is 1. The minimum absolute atomic E-state index is 0.0125. The molecule has 2 unspecified atom stereocenters. The van der Waals surface area contributed by atoms with Crippen molar-refractivity contribution in [1.82, 2.24) is 4.90 Å². The maximum absolute atomic E-state index is 11.9. The van der Waals surface area contributed by atoms with Gasteiger partial charge in [0.15, 0.2) is 0 Å². The molecule has 1 fully saturated rings. The summed E-state index contributed by atoms with van der Waals surface area (Å²) < 4.78 is 16.0.